The molecule has 0 fully saturated rings. The van der Waals surface area contributed by atoms with Crippen LogP contribution in [0.25, 0.3) is 5.57 Å². The normalized spacial score (nSPS) is 14.5. The van der Waals surface area contributed by atoms with Gasteiger partial charge in [0, 0.05) is 31.9 Å². The molecule has 20 heavy (non-hydrogen) atoms. The summed E-state index contributed by atoms with van der Waals surface area (Å²) in [5.41, 5.74) is 5.09. The number of hydrogen-bond acceptors (Lipinski definition) is 2. The van der Waals surface area contributed by atoms with E-state index in [9.17, 15) is 0 Å². The number of para-hydroxylation sites is 1. The van der Waals surface area contributed by atoms with Gasteiger partial charge in [-0.15, -0.1) is 0 Å². The first-order valence-electron chi connectivity index (χ1n) is 7.11. The second kappa shape index (κ2) is 5.93. The summed E-state index contributed by atoms with van der Waals surface area (Å²) in [7, 11) is 0. The van der Waals surface area contributed by atoms with Gasteiger partial charge in [0.2, 0.25) is 0 Å². The largest absolute Gasteiger partial charge is 0.366 e. The summed E-state index contributed by atoms with van der Waals surface area (Å²) >= 11 is 0. The Morgan fingerprint density at radius 2 is 1.80 bits per heavy atom. The van der Waals surface area contributed by atoms with E-state index in [1.54, 1.807) is 0 Å². The third-order valence-corrected chi connectivity index (χ3v) is 3.77. The lowest BCUT2D eigenvalue weighted by molar-refractivity contribution is 0.701. The monoisotopic (exact) mass is 264 g/mol. The topological polar surface area (TPSA) is 15.3 Å². The predicted octanol–water partition coefficient (Wildman–Crippen LogP) is 3.31. The summed E-state index contributed by atoms with van der Waals surface area (Å²) in [6.45, 7) is 8.11. The van der Waals surface area contributed by atoms with Crippen molar-refractivity contribution in [1.82, 2.24) is 5.32 Å². The Labute approximate surface area is 120 Å². The molecule has 0 unspecified atom stereocenters. The highest BCUT2D eigenvalue weighted by atomic mass is 15.2. The molecule has 2 aromatic carbocycles. The molecule has 1 heterocycles. The van der Waals surface area contributed by atoms with Crippen LogP contribution in [0, 0.1) is 0 Å². The van der Waals surface area contributed by atoms with Gasteiger partial charge in [-0.25, -0.2) is 0 Å². The number of anilines is 1. The van der Waals surface area contributed by atoms with Gasteiger partial charge >= 0.3 is 0 Å². The highest BCUT2D eigenvalue weighted by Gasteiger charge is 2.15. The zero-order valence-corrected chi connectivity index (χ0v) is 11.7. The minimum absolute atomic E-state index is 0.878. The van der Waals surface area contributed by atoms with Gasteiger partial charge in [-0.2, -0.15) is 0 Å². The van der Waals surface area contributed by atoms with Gasteiger partial charge < -0.3 is 10.2 Å². The van der Waals surface area contributed by atoms with Crippen molar-refractivity contribution >= 4 is 11.3 Å². The van der Waals surface area contributed by atoms with Crippen LogP contribution in [0.3, 0.4) is 0 Å². The standard InChI is InChI=1S/C18H20N2/c1-15(16-7-3-2-4-8-16)14-20-12-11-19-13-17-9-5-6-10-18(17)20/h2-10,19H,1,11-14H2. The maximum atomic E-state index is 4.26. The molecule has 3 rings (SSSR count). The van der Waals surface area contributed by atoms with Crippen molar-refractivity contribution in [3.8, 4) is 0 Å². The van der Waals surface area contributed by atoms with Gasteiger partial charge in [-0.05, 0) is 22.8 Å². The molecular formula is C18H20N2. The Morgan fingerprint density at radius 1 is 1.05 bits per heavy atom. The van der Waals surface area contributed by atoms with E-state index in [0.717, 1.165) is 26.2 Å². The molecule has 1 N–H and O–H groups in total. The van der Waals surface area contributed by atoms with Crippen molar-refractivity contribution in [2.24, 2.45) is 0 Å². The summed E-state index contributed by atoms with van der Waals surface area (Å²) < 4.78 is 0. The zero-order valence-electron chi connectivity index (χ0n) is 11.7. The van der Waals surface area contributed by atoms with Gasteiger partial charge in [0.1, 0.15) is 0 Å². The summed E-state index contributed by atoms with van der Waals surface area (Å²) in [6.07, 6.45) is 0. The van der Waals surface area contributed by atoms with Crippen molar-refractivity contribution in [2.45, 2.75) is 6.54 Å². The van der Waals surface area contributed by atoms with Crippen LogP contribution in [0.2, 0.25) is 0 Å². The number of benzene rings is 2. The molecule has 0 saturated carbocycles. The molecule has 0 radical (unpaired) electrons. The third kappa shape index (κ3) is 2.75. The number of fused-ring (bicyclic) bond motifs is 1. The van der Waals surface area contributed by atoms with Crippen molar-refractivity contribution in [1.29, 1.82) is 0 Å². The highest BCUT2D eigenvalue weighted by molar-refractivity contribution is 5.69. The van der Waals surface area contributed by atoms with E-state index in [0.29, 0.717) is 0 Å². The van der Waals surface area contributed by atoms with Gasteiger partial charge in [0.15, 0.2) is 0 Å². The van der Waals surface area contributed by atoms with Crippen LogP contribution >= 0.6 is 0 Å². The molecule has 0 amide bonds. The lowest BCUT2D eigenvalue weighted by Gasteiger charge is -2.25. The van der Waals surface area contributed by atoms with Crippen molar-refractivity contribution in [3.05, 3.63) is 72.3 Å². The number of nitrogens with zero attached hydrogens (tertiary/aromatic N) is 1. The van der Waals surface area contributed by atoms with E-state index in [-0.39, 0.29) is 0 Å². The molecule has 2 aromatic rings. The minimum Gasteiger partial charge on any atom is -0.366 e. The number of hydrogen-bond donors (Lipinski definition) is 1. The third-order valence-electron chi connectivity index (χ3n) is 3.77. The first kappa shape index (κ1) is 12.9. The van der Waals surface area contributed by atoms with E-state index < -0.39 is 0 Å². The molecule has 0 aromatic heterocycles. The fraction of sp³-hybridized carbons (Fsp3) is 0.222. The fourth-order valence-electron chi connectivity index (χ4n) is 2.69. The quantitative estimate of drug-likeness (QED) is 0.915. The predicted molar refractivity (Wildman–Crippen MR) is 85.8 cm³/mol. The molecule has 0 atom stereocenters. The zero-order chi connectivity index (χ0) is 13.8. The Kier molecular flexibility index (Phi) is 3.84. The number of rotatable bonds is 3. The van der Waals surface area contributed by atoms with E-state index in [2.05, 4.69) is 65.3 Å². The van der Waals surface area contributed by atoms with Crippen molar-refractivity contribution < 1.29 is 0 Å². The molecule has 1 aliphatic heterocycles. The molecular weight excluding hydrogens is 244 g/mol. The van der Waals surface area contributed by atoms with E-state index in [1.165, 1.54) is 22.4 Å². The molecule has 0 bridgehead atoms. The van der Waals surface area contributed by atoms with Gasteiger partial charge in [0.25, 0.3) is 0 Å². The van der Waals surface area contributed by atoms with Gasteiger partial charge in [0.05, 0.1) is 0 Å². The Bertz CT molecular complexity index is 589. The Morgan fingerprint density at radius 3 is 2.65 bits per heavy atom. The summed E-state index contributed by atoms with van der Waals surface area (Å²) in [5.74, 6) is 0. The number of nitrogens with one attached hydrogen (secondary N) is 1. The lowest BCUT2D eigenvalue weighted by Crippen LogP contribution is -2.30. The maximum Gasteiger partial charge on any atom is 0.0430 e. The second-order valence-corrected chi connectivity index (χ2v) is 5.20. The van der Waals surface area contributed by atoms with Crippen LogP contribution in [-0.2, 0) is 6.54 Å². The molecule has 1 aliphatic rings. The average molecular weight is 264 g/mol. The molecule has 0 spiro atoms. The summed E-state index contributed by atoms with van der Waals surface area (Å²) in [6, 6.07) is 19.1. The Balaban J connectivity index is 1.82. The molecule has 2 heteroatoms. The van der Waals surface area contributed by atoms with E-state index in [4.69, 9.17) is 0 Å². The fourth-order valence-corrected chi connectivity index (χ4v) is 2.69. The minimum atomic E-state index is 0.878. The van der Waals surface area contributed by atoms with Gasteiger partial charge in [-0.3, -0.25) is 0 Å². The molecule has 0 saturated heterocycles. The molecule has 102 valence electrons. The maximum absolute atomic E-state index is 4.26. The van der Waals surface area contributed by atoms with Crippen LogP contribution in [0.15, 0.2) is 61.2 Å². The van der Waals surface area contributed by atoms with Crippen molar-refractivity contribution in [2.75, 3.05) is 24.5 Å². The summed E-state index contributed by atoms with van der Waals surface area (Å²) in [5, 5.41) is 3.48. The van der Waals surface area contributed by atoms with Gasteiger partial charge in [-0.1, -0.05) is 55.1 Å². The van der Waals surface area contributed by atoms with E-state index in [1.807, 2.05) is 6.07 Å². The molecule has 0 aliphatic carbocycles. The second-order valence-electron chi connectivity index (χ2n) is 5.20. The highest BCUT2D eigenvalue weighted by Crippen LogP contribution is 2.24. The first-order valence-corrected chi connectivity index (χ1v) is 7.11. The van der Waals surface area contributed by atoms with Crippen LogP contribution in [0.1, 0.15) is 11.1 Å². The van der Waals surface area contributed by atoms with Crippen LogP contribution in [-0.4, -0.2) is 19.6 Å². The van der Waals surface area contributed by atoms with Crippen molar-refractivity contribution in [3.63, 3.8) is 0 Å². The Hall–Kier alpha value is -2.06. The SMILES string of the molecule is C=C(CN1CCNCc2ccccc21)c1ccccc1. The van der Waals surface area contributed by atoms with Crippen LogP contribution in [0.4, 0.5) is 5.69 Å². The average Bonchev–Trinajstić information content (AvgIpc) is 2.71. The first-order chi connectivity index (χ1) is 9.84. The smallest absolute Gasteiger partial charge is 0.0430 e. The molecule has 2 nitrogen and oxygen atoms in total. The lowest BCUT2D eigenvalue weighted by atomic mass is 10.1. The van der Waals surface area contributed by atoms with Crippen LogP contribution in [0.5, 0.6) is 0 Å². The van der Waals surface area contributed by atoms with Crippen LogP contribution < -0.4 is 10.2 Å². The summed E-state index contributed by atoms with van der Waals surface area (Å²) in [4.78, 5) is 2.42. The van der Waals surface area contributed by atoms with E-state index >= 15 is 0 Å².